The van der Waals surface area contributed by atoms with Gasteiger partial charge in [0.25, 0.3) is 0 Å². The van der Waals surface area contributed by atoms with Crippen LogP contribution in [0.15, 0.2) is 47.8 Å². The first-order valence-corrected chi connectivity index (χ1v) is 7.62. The van der Waals surface area contributed by atoms with E-state index in [0.29, 0.717) is 17.1 Å². The number of benzene rings is 2. The number of hydrogen-bond donors (Lipinski definition) is 1. The van der Waals surface area contributed by atoms with Crippen LogP contribution in [0.4, 0.5) is 10.1 Å². The smallest absolute Gasteiger partial charge is 0.124 e. The second-order valence-corrected chi connectivity index (χ2v) is 5.98. The Morgan fingerprint density at radius 3 is 2.76 bits per heavy atom. The fourth-order valence-electron chi connectivity index (χ4n) is 2.07. The first-order chi connectivity index (χ1) is 10.1. The first kappa shape index (κ1) is 14.0. The van der Waals surface area contributed by atoms with Gasteiger partial charge >= 0.3 is 0 Å². The van der Waals surface area contributed by atoms with Gasteiger partial charge in [0.1, 0.15) is 5.82 Å². The minimum absolute atomic E-state index is 0.333. The number of hydrogen-bond acceptors (Lipinski definition) is 3. The zero-order valence-corrected chi connectivity index (χ0v) is 12.6. The van der Waals surface area contributed by atoms with Gasteiger partial charge in [0.15, 0.2) is 0 Å². The van der Waals surface area contributed by atoms with Gasteiger partial charge in [0.05, 0.1) is 10.7 Å². The summed E-state index contributed by atoms with van der Waals surface area (Å²) >= 11 is 7.59. The van der Waals surface area contributed by atoms with Gasteiger partial charge in [-0.1, -0.05) is 35.9 Å². The Kier molecular flexibility index (Phi) is 3.90. The monoisotopic (exact) mass is 318 g/mol. The van der Waals surface area contributed by atoms with Gasteiger partial charge in [-0.3, -0.25) is 0 Å². The fourth-order valence-corrected chi connectivity index (χ4v) is 3.13. The maximum Gasteiger partial charge on any atom is 0.124 e. The van der Waals surface area contributed by atoms with Crippen LogP contribution in [0.1, 0.15) is 10.6 Å². The predicted molar refractivity (Wildman–Crippen MR) is 86.2 cm³/mol. The maximum atomic E-state index is 13.0. The van der Waals surface area contributed by atoms with Crippen molar-refractivity contribution < 1.29 is 4.39 Å². The molecule has 0 spiro atoms. The van der Waals surface area contributed by atoms with Crippen LogP contribution < -0.4 is 5.73 Å². The average Bonchev–Trinajstić information content (AvgIpc) is 2.91. The second kappa shape index (κ2) is 5.84. The van der Waals surface area contributed by atoms with Crippen LogP contribution in [0.5, 0.6) is 0 Å². The van der Waals surface area contributed by atoms with Crippen LogP contribution in [0.2, 0.25) is 5.02 Å². The van der Waals surface area contributed by atoms with Crippen molar-refractivity contribution in [2.45, 2.75) is 6.42 Å². The number of rotatable bonds is 3. The number of thiazole rings is 1. The average molecular weight is 319 g/mol. The molecule has 0 saturated heterocycles. The number of anilines is 1. The number of nitrogens with zero attached hydrogens (tertiary/aromatic N) is 1. The van der Waals surface area contributed by atoms with Crippen molar-refractivity contribution in [1.29, 1.82) is 0 Å². The minimum Gasteiger partial charge on any atom is -0.398 e. The molecule has 2 N–H and O–H groups in total. The van der Waals surface area contributed by atoms with Crippen LogP contribution in [-0.4, -0.2) is 4.98 Å². The molecule has 1 aromatic heterocycles. The van der Waals surface area contributed by atoms with Crippen LogP contribution in [0.25, 0.3) is 11.3 Å². The van der Waals surface area contributed by atoms with Gasteiger partial charge in [-0.15, -0.1) is 11.3 Å². The molecule has 21 heavy (non-hydrogen) atoms. The molecular formula is C16H12ClFN2S. The van der Waals surface area contributed by atoms with Gasteiger partial charge in [0, 0.05) is 28.1 Å². The largest absolute Gasteiger partial charge is 0.398 e. The molecule has 0 saturated carbocycles. The summed E-state index contributed by atoms with van der Waals surface area (Å²) in [6, 6.07) is 12.0. The highest BCUT2D eigenvalue weighted by molar-refractivity contribution is 7.10. The summed E-state index contributed by atoms with van der Waals surface area (Å²) in [5.74, 6) is -0.333. The Bertz CT molecular complexity index is 785. The Hall–Kier alpha value is -1.91. The van der Waals surface area contributed by atoms with E-state index < -0.39 is 0 Å². The molecule has 0 amide bonds. The molecule has 0 fully saturated rings. The van der Waals surface area contributed by atoms with Gasteiger partial charge in [-0.25, -0.2) is 9.37 Å². The Morgan fingerprint density at radius 2 is 2.00 bits per heavy atom. The third kappa shape index (κ3) is 3.06. The Labute approximate surface area is 131 Å². The number of halogens is 2. The molecule has 3 aromatic rings. The number of para-hydroxylation sites is 1. The highest BCUT2D eigenvalue weighted by atomic mass is 35.5. The summed E-state index contributed by atoms with van der Waals surface area (Å²) in [7, 11) is 0. The van der Waals surface area contributed by atoms with E-state index in [1.165, 1.54) is 12.1 Å². The van der Waals surface area contributed by atoms with Crippen molar-refractivity contribution in [3.05, 3.63) is 69.3 Å². The zero-order chi connectivity index (χ0) is 14.8. The fraction of sp³-hybridized carbons (Fsp3) is 0.0625. The molecule has 106 valence electrons. The highest BCUT2D eigenvalue weighted by Gasteiger charge is 2.09. The first-order valence-electron chi connectivity index (χ1n) is 6.36. The molecule has 0 atom stereocenters. The van der Waals surface area contributed by atoms with Crippen molar-refractivity contribution in [2.24, 2.45) is 0 Å². The highest BCUT2D eigenvalue weighted by Crippen LogP contribution is 2.29. The summed E-state index contributed by atoms with van der Waals surface area (Å²) in [5, 5.41) is 3.31. The number of nitrogens with two attached hydrogens (primary N) is 1. The summed E-state index contributed by atoms with van der Waals surface area (Å²) in [4.78, 5) is 4.59. The topological polar surface area (TPSA) is 38.9 Å². The molecule has 0 bridgehead atoms. The molecule has 0 radical (unpaired) electrons. The molecule has 3 rings (SSSR count). The third-order valence-electron chi connectivity index (χ3n) is 3.15. The van der Waals surface area contributed by atoms with Crippen molar-refractivity contribution in [3.63, 3.8) is 0 Å². The van der Waals surface area contributed by atoms with E-state index >= 15 is 0 Å². The Morgan fingerprint density at radius 1 is 1.19 bits per heavy atom. The molecule has 5 heteroatoms. The van der Waals surface area contributed by atoms with Gasteiger partial charge in [-0.05, 0) is 23.8 Å². The molecule has 0 aliphatic rings. The minimum atomic E-state index is -0.333. The lowest BCUT2D eigenvalue weighted by Gasteiger charge is -2.02. The van der Waals surface area contributed by atoms with E-state index in [4.69, 9.17) is 17.3 Å². The standard InChI is InChI=1S/C16H12ClFN2S/c17-13-8-11(18)6-5-10(13)7-16-20-15(9-21-16)12-3-1-2-4-14(12)19/h1-6,8-9H,7,19H2. The molecular weight excluding hydrogens is 307 g/mol. The summed E-state index contributed by atoms with van der Waals surface area (Å²) < 4.78 is 13.0. The van der Waals surface area contributed by atoms with Crippen LogP contribution >= 0.6 is 22.9 Å². The van der Waals surface area contributed by atoms with Crippen molar-refractivity contribution in [1.82, 2.24) is 4.98 Å². The second-order valence-electron chi connectivity index (χ2n) is 4.63. The predicted octanol–water partition coefficient (Wildman–Crippen LogP) is 4.78. The van der Waals surface area contributed by atoms with E-state index in [1.54, 1.807) is 17.4 Å². The van der Waals surface area contributed by atoms with Crippen molar-refractivity contribution in [2.75, 3.05) is 5.73 Å². The maximum absolute atomic E-state index is 13.0. The molecule has 0 unspecified atom stereocenters. The SMILES string of the molecule is Nc1ccccc1-c1csc(Cc2ccc(F)cc2Cl)n1. The van der Waals surface area contributed by atoms with Gasteiger partial charge in [-0.2, -0.15) is 0 Å². The zero-order valence-electron chi connectivity index (χ0n) is 11.0. The molecule has 2 aromatic carbocycles. The Balaban J connectivity index is 1.87. The number of nitrogen functional groups attached to an aromatic ring is 1. The summed E-state index contributed by atoms with van der Waals surface area (Å²) in [6.07, 6.45) is 0.580. The van der Waals surface area contributed by atoms with E-state index in [2.05, 4.69) is 4.98 Å². The van der Waals surface area contributed by atoms with Gasteiger partial charge < -0.3 is 5.73 Å². The lowest BCUT2D eigenvalue weighted by Crippen LogP contribution is -1.92. The van der Waals surface area contributed by atoms with Crippen molar-refractivity contribution in [3.8, 4) is 11.3 Å². The summed E-state index contributed by atoms with van der Waals surface area (Å²) in [5.41, 5.74) is 9.30. The lowest BCUT2D eigenvalue weighted by molar-refractivity contribution is 0.627. The third-order valence-corrected chi connectivity index (χ3v) is 4.35. The number of aromatic nitrogens is 1. The quantitative estimate of drug-likeness (QED) is 0.706. The van der Waals surface area contributed by atoms with Crippen molar-refractivity contribution >= 4 is 28.6 Å². The molecule has 1 heterocycles. The van der Waals surface area contributed by atoms with Crippen LogP contribution in [0.3, 0.4) is 0 Å². The van der Waals surface area contributed by atoms with Gasteiger partial charge in [0.2, 0.25) is 0 Å². The van der Waals surface area contributed by atoms with E-state index in [9.17, 15) is 4.39 Å². The summed E-state index contributed by atoms with van der Waals surface area (Å²) in [6.45, 7) is 0. The van der Waals surface area contributed by atoms with E-state index in [1.807, 2.05) is 29.6 Å². The molecule has 0 aliphatic heterocycles. The van der Waals surface area contributed by atoms with E-state index in [0.717, 1.165) is 21.8 Å². The van der Waals surface area contributed by atoms with Crippen LogP contribution in [-0.2, 0) is 6.42 Å². The van der Waals surface area contributed by atoms with Crippen LogP contribution in [0, 0.1) is 5.82 Å². The lowest BCUT2D eigenvalue weighted by atomic mass is 10.1. The van der Waals surface area contributed by atoms with E-state index in [-0.39, 0.29) is 5.82 Å². The molecule has 0 aliphatic carbocycles. The molecule has 2 nitrogen and oxygen atoms in total. The normalized spacial score (nSPS) is 10.8.